The van der Waals surface area contributed by atoms with Gasteiger partial charge in [0.2, 0.25) is 5.91 Å². The van der Waals surface area contributed by atoms with Gasteiger partial charge < -0.3 is 5.32 Å². The highest BCUT2D eigenvalue weighted by atomic mass is 32.2. The van der Waals surface area contributed by atoms with Crippen molar-refractivity contribution in [2.24, 2.45) is 0 Å². The van der Waals surface area contributed by atoms with Gasteiger partial charge in [-0.15, -0.1) is 23.1 Å². The molecule has 0 spiro atoms. The smallest absolute Gasteiger partial charge is 0.244 e. The molecule has 2 N–H and O–H groups in total. The highest BCUT2D eigenvalue weighted by Crippen LogP contribution is 2.25. The number of anilines is 1. The third kappa shape index (κ3) is 3.45. The summed E-state index contributed by atoms with van der Waals surface area (Å²) >= 11 is 3.20. The lowest BCUT2D eigenvalue weighted by atomic mass is 10.1. The molecule has 0 saturated carbocycles. The first-order valence-electron chi connectivity index (χ1n) is 6.93. The fourth-order valence-corrected chi connectivity index (χ4v) is 3.80. The molecule has 21 heavy (non-hydrogen) atoms. The van der Waals surface area contributed by atoms with E-state index in [1.165, 1.54) is 16.9 Å². The SMILES string of the molecule is CCc1ccc(-c2csc(NC(=O)C3CSCN3)n2)cc1. The number of carbonyl (C=O) groups is 1. The third-order valence-electron chi connectivity index (χ3n) is 3.43. The molecular weight excluding hydrogens is 302 g/mol. The fraction of sp³-hybridized carbons (Fsp3) is 0.333. The van der Waals surface area contributed by atoms with Crippen molar-refractivity contribution in [1.82, 2.24) is 10.3 Å². The maximum absolute atomic E-state index is 12.0. The highest BCUT2D eigenvalue weighted by molar-refractivity contribution is 7.99. The molecule has 1 aromatic heterocycles. The van der Waals surface area contributed by atoms with Gasteiger partial charge in [0, 0.05) is 22.6 Å². The van der Waals surface area contributed by atoms with Crippen LogP contribution in [0.3, 0.4) is 0 Å². The van der Waals surface area contributed by atoms with E-state index in [1.54, 1.807) is 11.8 Å². The lowest BCUT2D eigenvalue weighted by Gasteiger charge is -2.07. The van der Waals surface area contributed by atoms with Crippen LogP contribution in [0.1, 0.15) is 12.5 Å². The summed E-state index contributed by atoms with van der Waals surface area (Å²) in [5, 5.41) is 8.68. The number of nitrogens with zero attached hydrogens (tertiary/aromatic N) is 1. The van der Waals surface area contributed by atoms with Crippen molar-refractivity contribution in [2.75, 3.05) is 16.9 Å². The molecule has 1 fully saturated rings. The molecule has 1 atom stereocenters. The Kier molecular flexibility index (Phi) is 4.57. The van der Waals surface area contributed by atoms with Crippen LogP contribution in [0.15, 0.2) is 29.6 Å². The van der Waals surface area contributed by atoms with E-state index in [2.05, 4.69) is 46.8 Å². The molecule has 0 aliphatic carbocycles. The molecule has 1 unspecified atom stereocenters. The van der Waals surface area contributed by atoms with Crippen LogP contribution in [0, 0.1) is 0 Å². The summed E-state index contributed by atoms with van der Waals surface area (Å²) < 4.78 is 0. The van der Waals surface area contributed by atoms with Crippen molar-refractivity contribution in [2.45, 2.75) is 19.4 Å². The van der Waals surface area contributed by atoms with Crippen molar-refractivity contribution in [3.8, 4) is 11.3 Å². The van der Waals surface area contributed by atoms with Crippen molar-refractivity contribution in [3.05, 3.63) is 35.2 Å². The van der Waals surface area contributed by atoms with Gasteiger partial charge in [0.25, 0.3) is 0 Å². The van der Waals surface area contributed by atoms with Gasteiger partial charge in [-0.25, -0.2) is 4.98 Å². The van der Waals surface area contributed by atoms with Crippen LogP contribution < -0.4 is 10.6 Å². The number of nitrogens with one attached hydrogen (secondary N) is 2. The molecule has 3 rings (SSSR count). The Morgan fingerprint density at radius 2 is 2.24 bits per heavy atom. The molecule has 1 aliphatic rings. The van der Waals surface area contributed by atoms with Crippen LogP contribution in [0.4, 0.5) is 5.13 Å². The number of aryl methyl sites for hydroxylation is 1. The van der Waals surface area contributed by atoms with Crippen LogP contribution in [-0.2, 0) is 11.2 Å². The molecule has 1 aromatic carbocycles. The van der Waals surface area contributed by atoms with Crippen LogP contribution in [0.2, 0.25) is 0 Å². The minimum atomic E-state index is -0.105. The number of aromatic nitrogens is 1. The normalized spacial score (nSPS) is 17.9. The standard InChI is InChI=1S/C15H17N3OS2/c1-2-10-3-5-11(6-4-10)12-8-21-15(17-12)18-14(19)13-7-20-9-16-13/h3-6,8,13,16H,2,7,9H2,1H3,(H,17,18,19). The van der Waals surface area contributed by atoms with E-state index < -0.39 is 0 Å². The molecule has 2 heterocycles. The number of carbonyl (C=O) groups excluding carboxylic acids is 1. The van der Waals surface area contributed by atoms with Crippen molar-refractivity contribution < 1.29 is 4.79 Å². The molecule has 1 amide bonds. The second-order valence-corrected chi connectivity index (χ2v) is 6.74. The predicted molar refractivity (Wildman–Crippen MR) is 89.8 cm³/mol. The first-order chi connectivity index (χ1) is 10.3. The van der Waals surface area contributed by atoms with Crippen LogP contribution >= 0.6 is 23.1 Å². The Morgan fingerprint density at radius 3 is 2.90 bits per heavy atom. The second kappa shape index (κ2) is 6.60. The maximum Gasteiger partial charge on any atom is 0.244 e. The average Bonchev–Trinajstić information content (AvgIpc) is 3.19. The number of benzene rings is 1. The molecule has 110 valence electrons. The number of hydrogen-bond donors (Lipinski definition) is 2. The van der Waals surface area contributed by atoms with Crippen LogP contribution in [0.25, 0.3) is 11.3 Å². The Labute approximate surface area is 132 Å². The van der Waals surface area contributed by atoms with Gasteiger partial charge >= 0.3 is 0 Å². The molecule has 2 aromatic rings. The quantitative estimate of drug-likeness (QED) is 0.910. The summed E-state index contributed by atoms with van der Waals surface area (Å²) in [5.41, 5.74) is 3.30. The van der Waals surface area contributed by atoms with Crippen LogP contribution in [0.5, 0.6) is 0 Å². The molecule has 1 aliphatic heterocycles. The molecular formula is C15H17N3OS2. The molecule has 6 heteroatoms. The highest BCUT2D eigenvalue weighted by Gasteiger charge is 2.23. The van der Waals surface area contributed by atoms with Gasteiger partial charge in [0.05, 0.1) is 11.7 Å². The molecule has 4 nitrogen and oxygen atoms in total. The zero-order chi connectivity index (χ0) is 14.7. The minimum Gasteiger partial charge on any atom is -0.301 e. The summed E-state index contributed by atoms with van der Waals surface area (Å²) in [6, 6.07) is 8.29. The number of hydrogen-bond acceptors (Lipinski definition) is 5. The molecule has 0 radical (unpaired) electrons. The van der Waals surface area contributed by atoms with E-state index in [4.69, 9.17) is 0 Å². The third-order valence-corrected chi connectivity index (χ3v) is 5.12. The number of rotatable bonds is 4. The zero-order valence-corrected chi connectivity index (χ0v) is 13.4. The Hall–Kier alpha value is -1.37. The Balaban J connectivity index is 1.68. The van der Waals surface area contributed by atoms with E-state index in [-0.39, 0.29) is 11.9 Å². The van der Waals surface area contributed by atoms with Gasteiger partial charge in [-0.3, -0.25) is 10.1 Å². The van der Waals surface area contributed by atoms with Crippen molar-refractivity contribution >= 4 is 34.1 Å². The Morgan fingerprint density at radius 1 is 1.43 bits per heavy atom. The average molecular weight is 319 g/mol. The van der Waals surface area contributed by atoms with E-state index >= 15 is 0 Å². The van der Waals surface area contributed by atoms with Gasteiger partial charge in [0.1, 0.15) is 0 Å². The fourth-order valence-electron chi connectivity index (χ4n) is 2.13. The van der Waals surface area contributed by atoms with Crippen molar-refractivity contribution in [1.29, 1.82) is 0 Å². The van der Waals surface area contributed by atoms with Crippen molar-refractivity contribution in [3.63, 3.8) is 0 Å². The maximum atomic E-state index is 12.0. The molecule has 0 bridgehead atoms. The Bertz CT molecular complexity index is 618. The zero-order valence-electron chi connectivity index (χ0n) is 11.8. The predicted octanol–water partition coefficient (Wildman–Crippen LogP) is 2.97. The molecule has 1 saturated heterocycles. The van der Waals surface area contributed by atoms with E-state index in [1.807, 2.05) is 5.38 Å². The summed E-state index contributed by atoms with van der Waals surface area (Å²) in [4.78, 5) is 16.5. The second-order valence-electron chi connectivity index (χ2n) is 4.85. The monoisotopic (exact) mass is 319 g/mol. The first kappa shape index (κ1) is 14.6. The number of amides is 1. The van der Waals surface area contributed by atoms with Gasteiger partial charge in [-0.2, -0.15) is 0 Å². The van der Waals surface area contributed by atoms with Gasteiger partial charge in [0.15, 0.2) is 5.13 Å². The minimum absolute atomic E-state index is 0.00207. The van der Waals surface area contributed by atoms with Gasteiger partial charge in [-0.05, 0) is 12.0 Å². The van der Waals surface area contributed by atoms with E-state index in [0.29, 0.717) is 5.13 Å². The number of thiazole rings is 1. The number of thioether (sulfide) groups is 1. The summed E-state index contributed by atoms with van der Waals surface area (Å²) in [6.45, 7) is 2.14. The summed E-state index contributed by atoms with van der Waals surface area (Å²) in [7, 11) is 0. The lowest BCUT2D eigenvalue weighted by molar-refractivity contribution is -0.117. The topological polar surface area (TPSA) is 54.0 Å². The largest absolute Gasteiger partial charge is 0.301 e. The van der Waals surface area contributed by atoms with Gasteiger partial charge in [-0.1, -0.05) is 31.2 Å². The first-order valence-corrected chi connectivity index (χ1v) is 8.96. The van der Waals surface area contributed by atoms with E-state index in [9.17, 15) is 4.79 Å². The lowest BCUT2D eigenvalue weighted by Crippen LogP contribution is -2.37. The van der Waals surface area contributed by atoms with E-state index in [0.717, 1.165) is 29.3 Å². The summed E-state index contributed by atoms with van der Waals surface area (Å²) in [5.74, 6) is 1.66. The van der Waals surface area contributed by atoms with Crippen LogP contribution in [-0.4, -0.2) is 28.6 Å². The summed E-state index contributed by atoms with van der Waals surface area (Å²) in [6.07, 6.45) is 1.03.